The highest BCUT2D eigenvalue weighted by molar-refractivity contribution is 6.14. The zero-order valence-corrected chi connectivity index (χ0v) is 23.0. The number of aliphatic imine (C=N–C) groups is 1. The molecule has 1 aromatic heterocycles. The van der Waals surface area contributed by atoms with Crippen LogP contribution in [0.5, 0.6) is 0 Å². The number of carbonyl (C=O) groups is 1. The molecule has 3 N–H and O–H groups in total. The quantitative estimate of drug-likeness (QED) is 0.229. The summed E-state index contributed by atoms with van der Waals surface area (Å²) in [5, 5.41) is 10.4. The number of hydrogen-bond acceptors (Lipinski definition) is 5. The van der Waals surface area contributed by atoms with Gasteiger partial charge in [-0.3, -0.25) is 10.3 Å². The van der Waals surface area contributed by atoms with Crippen molar-refractivity contribution in [2.75, 3.05) is 37.6 Å². The standard InChI is InChI=1S/C30H40N6O2/c1-7-9-23(8-2)20-35-12-14-36(15-13-35)26-17-27(32-19-26)28(34-21-31)24-10-11-25(22(3)16-24)18-33-29(37)38-30(4,5)6/h7-11,16-17,19,21,31-32H,1-2,12-15,18,20H2,3-6H3,(H,33,37)/b23-9+,31-21?,34-28?. The smallest absolute Gasteiger partial charge is 0.407 e. The molecule has 0 aliphatic carbocycles. The van der Waals surface area contributed by atoms with Crippen molar-refractivity contribution in [3.8, 4) is 0 Å². The van der Waals surface area contributed by atoms with Crippen LogP contribution in [0.2, 0.25) is 0 Å². The van der Waals surface area contributed by atoms with Crippen molar-refractivity contribution in [2.24, 2.45) is 4.99 Å². The van der Waals surface area contributed by atoms with Crippen molar-refractivity contribution >= 4 is 23.8 Å². The van der Waals surface area contributed by atoms with Crippen LogP contribution in [0.25, 0.3) is 0 Å². The van der Waals surface area contributed by atoms with E-state index >= 15 is 0 Å². The topological polar surface area (TPSA) is 96.8 Å². The third-order valence-corrected chi connectivity index (χ3v) is 6.29. The van der Waals surface area contributed by atoms with Crippen LogP contribution >= 0.6 is 0 Å². The first-order valence-electron chi connectivity index (χ1n) is 12.9. The van der Waals surface area contributed by atoms with Gasteiger partial charge < -0.3 is 19.9 Å². The van der Waals surface area contributed by atoms with E-state index in [9.17, 15) is 4.79 Å². The number of alkyl carbamates (subject to hydrolysis) is 1. The Morgan fingerprint density at radius 1 is 1.21 bits per heavy atom. The Balaban J connectivity index is 1.67. The van der Waals surface area contributed by atoms with Gasteiger partial charge >= 0.3 is 6.09 Å². The molecule has 1 aromatic carbocycles. The third-order valence-electron chi connectivity index (χ3n) is 6.29. The second-order valence-corrected chi connectivity index (χ2v) is 10.3. The average Bonchev–Trinajstić information content (AvgIpc) is 3.35. The summed E-state index contributed by atoms with van der Waals surface area (Å²) in [6.45, 7) is 20.2. The average molecular weight is 517 g/mol. The minimum atomic E-state index is -0.540. The van der Waals surface area contributed by atoms with Crippen molar-refractivity contribution in [1.82, 2.24) is 15.2 Å². The Hall–Kier alpha value is -3.91. The Morgan fingerprint density at radius 2 is 1.95 bits per heavy atom. The van der Waals surface area contributed by atoms with E-state index in [0.29, 0.717) is 12.3 Å². The molecule has 8 nitrogen and oxygen atoms in total. The van der Waals surface area contributed by atoms with E-state index in [1.54, 1.807) is 6.08 Å². The lowest BCUT2D eigenvalue weighted by molar-refractivity contribution is 0.0523. The van der Waals surface area contributed by atoms with Gasteiger partial charge in [0.05, 0.1) is 17.1 Å². The van der Waals surface area contributed by atoms with Gasteiger partial charge in [0, 0.05) is 51.0 Å². The van der Waals surface area contributed by atoms with Crippen LogP contribution in [0, 0.1) is 12.3 Å². The summed E-state index contributed by atoms with van der Waals surface area (Å²) in [6.07, 6.45) is 8.33. The van der Waals surface area contributed by atoms with Crippen LogP contribution in [-0.2, 0) is 11.3 Å². The van der Waals surface area contributed by atoms with Crippen LogP contribution in [0.3, 0.4) is 0 Å². The number of nitrogens with one attached hydrogen (secondary N) is 3. The first kappa shape index (κ1) is 28.7. The van der Waals surface area contributed by atoms with Crippen LogP contribution in [0.15, 0.2) is 72.4 Å². The van der Waals surface area contributed by atoms with Gasteiger partial charge in [0.1, 0.15) is 11.9 Å². The number of amides is 1. The fraction of sp³-hybridized carbons (Fsp3) is 0.367. The first-order chi connectivity index (χ1) is 18.1. The SMILES string of the molecule is C=C/C=C(\C=C)CN1CCN(c2c[nH]c(C(=NC=N)c3ccc(CNC(=O)OC(C)(C)C)c(C)c3)c2)CC1. The molecule has 0 spiro atoms. The van der Waals surface area contributed by atoms with Gasteiger partial charge in [0.15, 0.2) is 0 Å². The number of aromatic amines is 1. The molecule has 0 unspecified atom stereocenters. The molecule has 0 radical (unpaired) electrons. The number of rotatable bonds is 10. The second-order valence-electron chi connectivity index (χ2n) is 10.3. The minimum absolute atomic E-state index is 0.369. The summed E-state index contributed by atoms with van der Waals surface area (Å²) < 4.78 is 5.33. The highest BCUT2D eigenvalue weighted by Crippen LogP contribution is 2.22. The van der Waals surface area contributed by atoms with Crippen LogP contribution in [-0.4, -0.2) is 66.4 Å². The Morgan fingerprint density at radius 3 is 2.55 bits per heavy atom. The largest absolute Gasteiger partial charge is 0.444 e. The maximum absolute atomic E-state index is 12.0. The second kappa shape index (κ2) is 13.1. The Kier molecular flexibility index (Phi) is 9.85. The van der Waals surface area contributed by atoms with E-state index in [0.717, 1.165) is 67.1 Å². The number of hydrogen-bond donors (Lipinski definition) is 3. The van der Waals surface area contributed by atoms with Gasteiger partial charge in [-0.25, -0.2) is 9.79 Å². The molecule has 1 amide bonds. The molecular weight excluding hydrogens is 476 g/mol. The lowest BCUT2D eigenvalue weighted by Gasteiger charge is -2.35. The van der Waals surface area contributed by atoms with Crippen molar-refractivity contribution in [2.45, 2.75) is 39.8 Å². The number of anilines is 1. The van der Waals surface area contributed by atoms with E-state index in [2.05, 4.69) is 44.3 Å². The van der Waals surface area contributed by atoms with E-state index in [1.807, 2.05) is 64.2 Å². The maximum atomic E-state index is 12.0. The monoisotopic (exact) mass is 516 g/mol. The number of allylic oxidation sites excluding steroid dienone is 2. The van der Waals surface area contributed by atoms with Crippen molar-refractivity contribution in [3.63, 3.8) is 0 Å². The fourth-order valence-corrected chi connectivity index (χ4v) is 4.35. The molecule has 8 heteroatoms. The molecule has 0 atom stereocenters. The molecule has 0 saturated carbocycles. The third kappa shape index (κ3) is 8.05. The Bertz CT molecular complexity index is 1210. The summed E-state index contributed by atoms with van der Waals surface area (Å²) in [5.74, 6) is 0. The van der Waals surface area contributed by atoms with Gasteiger partial charge in [0.25, 0.3) is 0 Å². The Labute approximate surface area is 226 Å². The van der Waals surface area contributed by atoms with E-state index < -0.39 is 11.7 Å². The van der Waals surface area contributed by atoms with Gasteiger partial charge in [-0.1, -0.05) is 43.5 Å². The molecule has 1 saturated heterocycles. The summed E-state index contributed by atoms with van der Waals surface area (Å²) in [6, 6.07) is 8.07. The number of ether oxygens (including phenoxy) is 1. The van der Waals surface area contributed by atoms with Crippen molar-refractivity contribution in [3.05, 3.63) is 89.8 Å². The van der Waals surface area contributed by atoms with Crippen LogP contribution < -0.4 is 10.2 Å². The number of nitrogens with zero attached hydrogens (tertiary/aromatic N) is 3. The van der Waals surface area contributed by atoms with Crippen molar-refractivity contribution < 1.29 is 9.53 Å². The van der Waals surface area contributed by atoms with Gasteiger partial charge in [0.2, 0.25) is 0 Å². The van der Waals surface area contributed by atoms with Crippen LogP contribution in [0.4, 0.5) is 10.5 Å². The molecule has 1 aliphatic rings. The predicted octanol–water partition coefficient (Wildman–Crippen LogP) is 5.21. The summed E-state index contributed by atoms with van der Waals surface area (Å²) in [4.78, 5) is 24.5. The zero-order chi connectivity index (χ0) is 27.7. The zero-order valence-electron chi connectivity index (χ0n) is 23.0. The molecule has 0 bridgehead atoms. The summed E-state index contributed by atoms with van der Waals surface area (Å²) in [7, 11) is 0. The number of carbonyl (C=O) groups excluding carboxylic acids is 1. The minimum Gasteiger partial charge on any atom is -0.444 e. The molecule has 2 aromatic rings. The summed E-state index contributed by atoms with van der Waals surface area (Å²) >= 11 is 0. The van der Waals surface area contributed by atoms with Gasteiger partial charge in [-0.2, -0.15) is 0 Å². The maximum Gasteiger partial charge on any atom is 0.407 e. The molecule has 38 heavy (non-hydrogen) atoms. The number of piperazine rings is 1. The van der Waals surface area contributed by atoms with E-state index in [4.69, 9.17) is 10.1 Å². The fourth-order valence-electron chi connectivity index (χ4n) is 4.35. The molecule has 3 rings (SSSR count). The molecule has 202 valence electrons. The highest BCUT2D eigenvalue weighted by atomic mass is 16.6. The number of benzene rings is 1. The lowest BCUT2D eigenvalue weighted by atomic mass is 10.0. The number of H-pyrrole nitrogens is 1. The number of aromatic nitrogens is 1. The normalized spacial score (nSPS) is 15.2. The van der Waals surface area contributed by atoms with Crippen molar-refractivity contribution in [1.29, 1.82) is 5.41 Å². The molecular formula is C30H40N6O2. The molecule has 1 fully saturated rings. The van der Waals surface area contributed by atoms with Gasteiger partial charge in [-0.05, 0) is 56.5 Å². The first-order valence-corrected chi connectivity index (χ1v) is 12.9. The van der Waals surface area contributed by atoms with E-state index in [-0.39, 0.29) is 0 Å². The summed E-state index contributed by atoms with van der Waals surface area (Å²) in [5.41, 5.74) is 6.20. The molecule has 2 heterocycles. The highest BCUT2D eigenvalue weighted by Gasteiger charge is 2.20. The van der Waals surface area contributed by atoms with Crippen LogP contribution in [0.1, 0.15) is 43.2 Å². The number of aryl methyl sites for hydroxylation is 1. The predicted molar refractivity (Wildman–Crippen MR) is 157 cm³/mol. The van der Waals surface area contributed by atoms with E-state index in [1.165, 1.54) is 5.57 Å². The molecule has 1 aliphatic heterocycles. The lowest BCUT2D eigenvalue weighted by Crippen LogP contribution is -2.46. The van der Waals surface area contributed by atoms with Gasteiger partial charge in [-0.15, -0.1) is 0 Å².